The standard InChI is InChI=1S/C11H15NO2/c12-9-7-8-5-3-1-2-4-6-10(8)14-11(9)13/h7H,1-6,12H2. The predicted molar refractivity (Wildman–Crippen MR) is 55.3 cm³/mol. The van der Waals surface area contributed by atoms with Gasteiger partial charge < -0.3 is 10.2 Å². The van der Waals surface area contributed by atoms with Crippen molar-refractivity contribution in [3.63, 3.8) is 0 Å². The number of hydrogen-bond acceptors (Lipinski definition) is 3. The van der Waals surface area contributed by atoms with Crippen LogP contribution >= 0.6 is 0 Å². The molecule has 1 heterocycles. The monoisotopic (exact) mass is 193 g/mol. The highest BCUT2D eigenvalue weighted by Gasteiger charge is 2.11. The minimum atomic E-state index is -0.385. The third kappa shape index (κ3) is 1.81. The Morgan fingerprint density at radius 3 is 2.64 bits per heavy atom. The van der Waals surface area contributed by atoms with Gasteiger partial charge in [0, 0.05) is 6.42 Å². The highest BCUT2D eigenvalue weighted by molar-refractivity contribution is 5.38. The highest BCUT2D eigenvalue weighted by atomic mass is 16.4. The molecule has 0 saturated carbocycles. The second-order valence-corrected chi connectivity index (χ2v) is 3.85. The fourth-order valence-corrected chi connectivity index (χ4v) is 1.94. The molecule has 0 amide bonds. The first-order chi connectivity index (χ1) is 6.77. The fraction of sp³-hybridized carbons (Fsp3) is 0.545. The molecule has 3 heteroatoms. The first-order valence-electron chi connectivity index (χ1n) is 5.19. The summed E-state index contributed by atoms with van der Waals surface area (Å²) < 4.78 is 5.19. The molecule has 1 aliphatic carbocycles. The van der Waals surface area contributed by atoms with Crippen molar-refractivity contribution in [2.24, 2.45) is 0 Å². The zero-order valence-corrected chi connectivity index (χ0v) is 8.21. The van der Waals surface area contributed by atoms with Crippen LogP contribution in [0.4, 0.5) is 5.69 Å². The number of anilines is 1. The molecule has 1 aromatic heterocycles. The molecule has 0 atom stereocenters. The molecular weight excluding hydrogens is 178 g/mol. The van der Waals surface area contributed by atoms with Gasteiger partial charge in [0.25, 0.3) is 0 Å². The lowest BCUT2D eigenvalue weighted by molar-refractivity contribution is 0.434. The van der Waals surface area contributed by atoms with Crippen LogP contribution < -0.4 is 11.4 Å². The van der Waals surface area contributed by atoms with Crippen LogP contribution in [0.25, 0.3) is 0 Å². The van der Waals surface area contributed by atoms with Gasteiger partial charge in [-0.15, -0.1) is 0 Å². The molecule has 0 aliphatic heterocycles. The van der Waals surface area contributed by atoms with Crippen LogP contribution in [0.1, 0.15) is 37.0 Å². The van der Waals surface area contributed by atoms with Crippen LogP contribution in [-0.4, -0.2) is 0 Å². The minimum Gasteiger partial charge on any atom is -0.426 e. The summed E-state index contributed by atoms with van der Waals surface area (Å²) in [5.74, 6) is 0.851. The first kappa shape index (κ1) is 9.31. The Morgan fingerprint density at radius 2 is 1.86 bits per heavy atom. The van der Waals surface area contributed by atoms with Gasteiger partial charge in [-0.3, -0.25) is 0 Å². The Bertz CT molecular complexity index is 381. The molecule has 1 aliphatic rings. The van der Waals surface area contributed by atoms with Gasteiger partial charge in [0.2, 0.25) is 0 Å². The summed E-state index contributed by atoms with van der Waals surface area (Å²) >= 11 is 0. The molecule has 14 heavy (non-hydrogen) atoms. The van der Waals surface area contributed by atoms with E-state index in [4.69, 9.17) is 10.2 Å². The Labute approximate surface area is 82.9 Å². The second-order valence-electron chi connectivity index (χ2n) is 3.85. The van der Waals surface area contributed by atoms with Crippen LogP contribution in [0.15, 0.2) is 15.3 Å². The van der Waals surface area contributed by atoms with Crippen molar-refractivity contribution in [1.82, 2.24) is 0 Å². The third-order valence-corrected chi connectivity index (χ3v) is 2.74. The first-order valence-corrected chi connectivity index (χ1v) is 5.19. The van der Waals surface area contributed by atoms with E-state index in [0.29, 0.717) is 0 Å². The van der Waals surface area contributed by atoms with Gasteiger partial charge >= 0.3 is 5.63 Å². The van der Waals surface area contributed by atoms with Crippen LogP contribution in [0.5, 0.6) is 0 Å². The number of hydrogen-bond donors (Lipinski definition) is 1. The van der Waals surface area contributed by atoms with Crippen molar-refractivity contribution in [2.45, 2.75) is 38.5 Å². The summed E-state index contributed by atoms with van der Waals surface area (Å²) in [5.41, 5.74) is 6.51. The largest absolute Gasteiger partial charge is 0.426 e. The fourth-order valence-electron chi connectivity index (χ4n) is 1.94. The minimum absolute atomic E-state index is 0.240. The van der Waals surface area contributed by atoms with Crippen molar-refractivity contribution in [1.29, 1.82) is 0 Å². The summed E-state index contributed by atoms with van der Waals surface area (Å²) in [6.45, 7) is 0. The van der Waals surface area contributed by atoms with E-state index >= 15 is 0 Å². The lowest BCUT2D eigenvalue weighted by Gasteiger charge is -2.11. The number of nitrogen functional groups attached to an aromatic ring is 1. The number of fused-ring (bicyclic) bond motifs is 1. The van der Waals surface area contributed by atoms with Gasteiger partial charge in [-0.25, -0.2) is 4.79 Å². The van der Waals surface area contributed by atoms with Crippen LogP contribution in [0, 0.1) is 0 Å². The van der Waals surface area contributed by atoms with Gasteiger partial charge in [0.1, 0.15) is 11.4 Å². The molecule has 2 rings (SSSR count). The maximum atomic E-state index is 11.2. The van der Waals surface area contributed by atoms with E-state index in [0.717, 1.165) is 30.6 Å². The summed E-state index contributed by atoms with van der Waals surface area (Å²) in [5, 5.41) is 0. The lowest BCUT2D eigenvalue weighted by atomic mass is 9.98. The number of nitrogens with two attached hydrogens (primary N) is 1. The van der Waals surface area contributed by atoms with Crippen molar-refractivity contribution in [3.05, 3.63) is 27.8 Å². The maximum Gasteiger partial charge on any atom is 0.359 e. The summed E-state index contributed by atoms with van der Waals surface area (Å²) in [7, 11) is 0. The third-order valence-electron chi connectivity index (χ3n) is 2.74. The Morgan fingerprint density at radius 1 is 1.14 bits per heavy atom. The topological polar surface area (TPSA) is 56.2 Å². The van der Waals surface area contributed by atoms with Crippen molar-refractivity contribution in [3.8, 4) is 0 Å². The Kier molecular flexibility index (Phi) is 2.57. The van der Waals surface area contributed by atoms with Crippen molar-refractivity contribution in [2.75, 3.05) is 5.73 Å². The summed E-state index contributed by atoms with van der Waals surface area (Å²) in [6.07, 6.45) is 6.64. The van der Waals surface area contributed by atoms with E-state index in [-0.39, 0.29) is 11.3 Å². The molecule has 0 fully saturated rings. The SMILES string of the molecule is Nc1cc2c(oc1=O)CCCCCC2. The smallest absolute Gasteiger partial charge is 0.359 e. The summed E-state index contributed by atoms with van der Waals surface area (Å²) in [4.78, 5) is 11.2. The quantitative estimate of drug-likeness (QED) is 0.684. The zero-order chi connectivity index (χ0) is 9.97. The van der Waals surface area contributed by atoms with E-state index in [2.05, 4.69) is 0 Å². The normalized spacial score (nSPS) is 16.9. The molecule has 76 valence electrons. The van der Waals surface area contributed by atoms with E-state index in [1.54, 1.807) is 6.07 Å². The zero-order valence-electron chi connectivity index (χ0n) is 8.21. The Hall–Kier alpha value is -1.25. The molecule has 0 radical (unpaired) electrons. The van der Waals surface area contributed by atoms with Crippen LogP contribution in [0.2, 0.25) is 0 Å². The van der Waals surface area contributed by atoms with Gasteiger partial charge in [-0.1, -0.05) is 12.8 Å². The lowest BCUT2D eigenvalue weighted by Crippen LogP contribution is -2.11. The molecule has 1 aromatic rings. The average molecular weight is 193 g/mol. The van der Waals surface area contributed by atoms with Gasteiger partial charge in [0.05, 0.1) is 0 Å². The predicted octanol–water partition coefficient (Wildman–Crippen LogP) is 1.88. The molecule has 3 nitrogen and oxygen atoms in total. The van der Waals surface area contributed by atoms with Crippen molar-refractivity contribution < 1.29 is 4.42 Å². The van der Waals surface area contributed by atoms with E-state index in [1.807, 2.05) is 0 Å². The van der Waals surface area contributed by atoms with E-state index in [9.17, 15) is 4.79 Å². The second kappa shape index (κ2) is 3.86. The number of aryl methyl sites for hydroxylation is 2. The van der Waals surface area contributed by atoms with Gasteiger partial charge in [-0.05, 0) is 30.9 Å². The number of rotatable bonds is 0. The van der Waals surface area contributed by atoms with Gasteiger partial charge in [-0.2, -0.15) is 0 Å². The molecule has 0 spiro atoms. The van der Waals surface area contributed by atoms with Crippen LogP contribution in [-0.2, 0) is 12.8 Å². The van der Waals surface area contributed by atoms with Gasteiger partial charge in [0.15, 0.2) is 0 Å². The van der Waals surface area contributed by atoms with Crippen molar-refractivity contribution >= 4 is 5.69 Å². The van der Waals surface area contributed by atoms with E-state index < -0.39 is 0 Å². The molecule has 0 bridgehead atoms. The molecular formula is C11H15NO2. The maximum absolute atomic E-state index is 11.2. The molecule has 0 unspecified atom stereocenters. The Balaban J connectivity index is 2.40. The van der Waals surface area contributed by atoms with E-state index in [1.165, 1.54) is 19.3 Å². The highest BCUT2D eigenvalue weighted by Crippen LogP contribution is 2.19. The van der Waals surface area contributed by atoms with Crippen LogP contribution in [0.3, 0.4) is 0 Å². The average Bonchev–Trinajstić information content (AvgIpc) is 2.13. The molecule has 0 aromatic carbocycles. The molecule has 0 saturated heterocycles. The summed E-state index contributed by atoms with van der Waals surface area (Å²) in [6, 6.07) is 1.78. The molecule has 2 N–H and O–H groups in total.